The third kappa shape index (κ3) is 0.940. The van der Waals surface area contributed by atoms with E-state index < -0.39 is 0 Å². The van der Waals surface area contributed by atoms with Crippen molar-refractivity contribution in [3.05, 3.63) is 18.2 Å². The van der Waals surface area contributed by atoms with Gasteiger partial charge < -0.3 is 11.5 Å². The number of nitrogens with two attached hydrogens (primary N) is 2. The summed E-state index contributed by atoms with van der Waals surface area (Å²) in [7, 11) is 2.17. The van der Waals surface area contributed by atoms with Gasteiger partial charge in [0.15, 0.2) is 5.69 Å². The summed E-state index contributed by atoms with van der Waals surface area (Å²) in [5, 5.41) is 0. The molecule has 0 atom stereocenters. The van der Waals surface area contributed by atoms with Crippen LogP contribution in [0.15, 0.2) is 18.2 Å². The maximum absolute atomic E-state index is 5.87. The summed E-state index contributed by atoms with van der Waals surface area (Å²) in [5.41, 5.74) is 14.2. The number of hydrogen-bond donors (Lipinski definition) is 2. The molecular formula is C9H14N3+. The van der Waals surface area contributed by atoms with E-state index in [1.54, 1.807) is 0 Å². The molecular weight excluding hydrogens is 150 g/mol. The summed E-state index contributed by atoms with van der Waals surface area (Å²) >= 11 is 0. The van der Waals surface area contributed by atoms with Gasteiger partial charge in [0.25, 0.3) is 0 Å². The van der Waals surface area contributed by atoms with Gasteiger partial charge in [0, 0.05) is 6.07 Å². The summed E-state index contributed by atoms with van der Waals surface area (Å²) in [6.07, 6.45) is 0. The van der Waals surface area contributed by atoms with Crippen molar-refractivity contribution in [3.8, 4) is 0 Å². The van der Waals surface area contributed by atoms with Gasteiger partial charge in [-0.15, -0.1) is 0 Å². The van der Waals surface area contributed by atoms with E-state index in [0.717, 1.165) is 15.9 Å². The number of nitrogen functional groups attached to an aromatic ring is 2. The molecule has 1 aliphatic heterocycles. The van der Waals surface area contributed by atoms with Crippen molar-refractivity contribution in [3.63, 3.8) is 0 Å². The monoisotopic (exact) mass is 164 g/mol. The van der Waals surface area contributed by atoms with Gasteiger partial charge in [-0.3, -0.25) is 4.48 Å². The lowest BCUT2D eigenvalue weighted by atomic mass is 10.2. The van der Waals surface area contributed by atoms with E-state index in [0.29, 0.717) is 5.69 Å². The van der Waals surface area contributed by atoms with E-state index in [4.69, 9.17) is 11.5 Å². The Morgan fingerprint density at radius 1 is 1.25 bits per heavy atom. The molecule has 4 N–H and O–H groups in total. The van der Waals surface area contributed by atoms with Gasteiger partial charge >= 0.3 is 0 Å². The first-order chi connectivity index (χ1) is 5.63. The minimum Gasteiger partial charge on any atom is -0.397 e. The van der Waals surface area contributed by atoms with Gasteiger partial charge in [0.05, 0.1) is 12.7 Å². The van der Waals surface area contributed by atoms with Crippen LogP contribution in [-0.4, -0.2) is 20.1 Å². The van der Waals surface area contributed by atoms with Gasteiger partial charge in [-0.05, 0) is 6.07 Å². The van der Waals surface area contributed by atoms with Crippen LogP contribution in [0.25, 0.3) is 0 Å². The van der Waals surface area contributed by atoms with Gasteiger partial charge in [0.1, 0.15) is 18.8 Å². The third-order valence-electron chi connectivity index (χ3n) is 2.59. The van der Waals surface area contributed by atoms with E-state index in [-0.39, 0.29) is 0 Å². The fraction of sp³-hybridized carbons (Fsp3) is 0.333. The molecule has 0 unspecified atom stereocenters. The molecule has 3 nitrogen and oxygen atoms in total. The molecule has 64 valence electrons. The van der Waals surface area contributed by atoms with Crippen molar-refractivity contribution in [2.24, 2.45) is 0 Å². The SMILES string of the molecule is C[N+]1(c2cccc(N)c2N)CC1. The molecule has 1 saturated heterocycles. The Labute approximate surface area is 72.2 Å². The summed E-state index contributed by atoms with van der Waals surface area (Å²) in [6, 6.07) is 5.86. The number of nitrogens with zero attached hydrogens (tertiary/aromatic N) is 1. The lowest BCUT2D eigenvalue weighted by Crippen LogP contribution is -2.20. The highest BCUT2D eigenvalue weighted by Gasteiger charge is 2.41. The topological polar surface area (TPSA) is 52.0 Å². The summed E-state index contributed by atoms with van der Waals surface area (Å²) in [5.74, 6) is 0. The second-order valence-electron chi connectivity index (χ2n) is 3.62. The second-order valence-corrected chi connectivity index (χ2v) is 3.62. The number of anilines is 2. The summed E-state index contributed by atoms with van der Waals surface area (Å²) in [6.45, 7) is 2.35. The van der Waals surface area contributed by atoms with Gasteiger partial charge in [-0.2, -0.15) is 0 Å². The molecule has 3 heteroatoms. The van der Waals surface area contributed by atoms with Crippen molar-refractivity contribution in [2.45, 2.75) is 0 Å². The minimum absolute atomic E-state index is 0.693. The average molecular weight is 164 g/mol. The molecule has 0 bridgehead atoms. The first-order valence-electron chi connectivity index (χ1n) is 4.12. The van der Waals surface area contributed by atoms with Crippen LogP contribution in [0.3, 0.4) is 0 Å². The second kappa shape index (κ2) is 2.14. The predicted octanol–water partition coefficient (Wildman–Crippen LogP) is 0.802. The van der Waals surface area contributed by atoms with Crippen LogP contribution in [-0.2, 0) is 0 Å². The van der Waals surface area contributed by atoms with Crippen molar-refractivity contribution in [1.82, 2.24) is 4.48 Å². The zero-order chi connectivity index (χ0) is 8.77. The summed E-state index contributed by atoms with van der Waals surface area (Å²) in [4.78, 5) is 0. The Morgan fingerprint density at radius 2 is 1.92 bits per heavy atom. The number of rotatable bonds is 1. The van der Waals surface area contributed by atoms with Crippen molar-refractivity contribution in [1.29, 1.82) is 0 Å². The zero-order valence-electron chi connectivity index (χ0n) is 7.25. The van der Waals surface area contributed by atoms with E-state index >= 15 is 0 Å². The first-order valence-corrected chi connectivity index (χ1v) is 4.12. The highest BCUT2D eigenvalue weighted by atomic mass is 15.5. The lowest BCUT2D eigenvalue weighted by Gasteiger charge is -2.14. The van der Waals surface area contributed by atoms with Gasteiger partial charge in [-0.25, -0.2) is 0 Å². The van der Waals surface area contributed by atoms with E-state index in [2.05, 4.69) is 13.1 Å². The highest BCUT2D eigenvalue weighted by molar-refractivity contribution is 5.78. The molecule has 2 rings (SSSR count). The smallest absolute Gasteiger partial charge is 0.158 e. The number of benzene rings is 1. The van der Waals surface area contributed by atoms with E-state index in [1.807, 2.05) is 12.1 Å². The molecule has 1 aromatic rings. The highest BCUT2D eigenvalue weighted by Crippen LogP contribution is 2.37. The Kier molecular flexibility index (Phi) is 1.32. The van der Waals surface area contributed by atoms with Gasteiger partial charge in [0.2, 0.25) is 0 Å². The molecule has 0 aromatic heterocycles. The van der Waals surface area contributed by atoms with E-state index in [9.17, 15) is 0 Å². The number of para-hydroxylation sites is 1. The Hall–Kier alpha value is -1.22. The average Bonchev–Trinajstić information content (AvgIpc) is 2.75. The maximum atomic E-state index is 5.87. The van der Waals surface area contributed by atoms with Crippen LogP contribution in [0.2, 0.25) is 0 Å². The molecule has 0 saturated carbocycles. The quantitative estimate of drug-likeness (QED) is 0.366. The largest absolute Gasteiger partial charge is 0.397 e. The Morgan fingerprint density at radius 3 is 2.50 bits per heavy atom. The van der Waals surface area contributed by atoms with Crippen LogP contribution in [0.5, 0.6) is 0 Å². The molecule has 0 radical (unpaired) electrons. The van der Waals surface area contributed by atoms with Crippen molar-refractivity contribution in [2.75, 3.05) is 31.6 Å². The molecule has 1 fully saturated rings. The normalized spacial score (nSPS) is 19.1. The van der Waals surface area contributed by atoms with Crippen LogP contribution in [0, 0.1) is 0 Å². The number of likely N-dealkylation sites (N-methyl/N-ethyl adjacent to an activating group) is 1. The Bertz CT molecular complexity index is 316. The molecule has 0 amide bonds. The molecule has 1 aliphatic rings. The standard InChI is InChI=1S/C9H14N3/c1-12(5-6-12)8-4-2-3-7(10)9(8)11/h2-4H,5-6,10-11H2,1H3/q+1. The fourth-order valence-corrected chi connectivity index (χ4v) is 1.43. The van der Waals surface area contributed by atoms with Crippen molar-refractivity contribution >= 4 is 17.1 Å². The van der Waals surface area contributed by atoms with Crippen LogP contribution >= 0.6 is 0 Å². The first kappa shape index (κ1) is 7.43. The molecule has 0 aliphatic carbocycles. The Balaban J connectivity index is 2.51. The number of quaternary nitrogens is 1. The van der Waals surface area contributed by atoms with Crippen LogP contribution in [0.1, 0.15) is 0 Å². The number of hydrogen-bond acceptors (Lipinski definition) is 2. The summed E-state index contributed by atoms with van der Waals surface area (Å²) < 4.78 is 0.941. The van der Waals surface area contributed by atoms with E-state index in [1.165, 1.54) is 13.1 Å². The van der Waals surface area contributed by atoms with Crippen molar-refractivity contribution < 1.29 is 0 Å². The molecule has 12 heavy (non-hydrogen) atoms. The predicted molar refractivity (Wildman–Crippen MR) is 52.7 cm³/mol. The third-order valence-corrected chi connectivity index (χ3v) is 2.59. The molecule has 0 spiro atoms. The molecule has 1 heterocycles. The fourth-order valence-electron chi connectivity index (χ4n) is 1.43. The van der Waals surface area contributed by atoms with Gasteiger partial charge in [-0.1, -0.05) is 6.07 Å². The molecule has 1 aromatic carbocycles. The lowest BCUT2D eigenvalue weighted by molar-refractivity contribution is 0.662. The van der Waals surface area contributed by atoms with Crippen LogP contribution in [0.4, 0.5) is 17.1 Å². The minimum atomic E-state index is 0.693. The maximum Gasteiger partial charge on any atom is 0.158 e. The van der Waals surface area contributed by atoms with Crippen LogP contribution < -0.4 is 16.0 Å². The zero-order valence-corrected chi connectivity index (χ0v) is 7.25.